The standard InChI is InChI=1S/C21H20ClN3O3/c1-27-18-6-2-4-15(12-18)21(26)25-11-3-5-16(13-25)20-23-19(24-28-20)14-7-9-17(22)10-8-14/h2,4,6-10,12,16H,3,5,11,13H2,1H3. The molecule has 7 heteroatoms. The third-order valence-corrected chi connectivity index (χ3v) is 5.17. The van der Waals surface area contributed by atoms with Gasteiger partial charge < -0.3 is 14.2 Å². The van der Waals surface area contributed by atoms with Crippen molar-refractivity contribution in [1.82, 2.24) is 15.0 Å². The summed E-state index contributed by atoms with van der Waals surface area (Å²) in [6.07, 6.45) is 1.79. The maximum absolute atomic E-state index is 12.9. The van der Waals surface area contributed by atoms with Crippen LogP contribution in [0.4, 0.5) is 0 Å². The Bertz CT molecular complexity index is 971. The Kier molecular flexibility index (Phi) is 5.30. The average Bonchev–Trinajstić information content (AvgIpc) is 3.24. The van der Waals surface area contributed by atoms with E-state index in [-0.39, 0.29) is 11.8 Å². The minimum atomic E-state index is -0.0129. The lowest BCUT2D eigenvalue weighted by Gasteiger charge is -2.31. The van der Waals surface area contributed by atoms with E-state index in [2.05, 4.69) is 10.1 Å². The van der Waals surface area contributed by atoms with Gasteiger partial charge in [0.1, 0.15) is 5.75 Å². The Morgan fingerprint density at radius 3 is 2.86 bits per heavy atom. The van der Waals surface area contributed by atoms with Crippen LogP contribution in [0.15, 0.2) is 53.1 Å². The topological polar surface area (TPSA) is 68.5 Å². The summed E-state index contributed by atoms with van der Waals surface area (Å²) in [5.74, 6) is 1.78. The number of benzene rings is 2. The van der Waals surface area contributed by atoms with E-state index >= 15 is 0 Å². The van der Waals surface area contributed by atoms with Crippen molar-refractivity contribution in [2.45, 2.75) is 18.8 Å². The molecule has 0 spiro atoms. The molecule has 1 amide bonds. The zero-order chi connectivity index (χ0) is 19.5. The van der Waals surface area contributed by atoms with Crippen LogP contribution in [-0.2, 0) is 0 Å². The molecule has 2 heterocycles. The molecule has 1 aliphatic rings. The molecule has 0 N–H and O–H groups in total. The van der Waals surface area contributed by atoms with E-state index in [4.69, 9.17) is 20.9 Å². The number of nitrogens with zero attached hydrogens (tertiary/aromatic N) is 3. The number of amides is 1. The van der Waals surface area contributed by atoms with Crippen molar-refractivity contribution in [2.24, 2.45) is 0 Å². The summed E-state index contributed by atoms with van der Waals surface area (Å²) in [4.78, 5) is 19.3. The normalized spacial score (nSPS) is 16.8. The van der Waals surface area contributed by atoms with Crippen LogP contribution in [0.3, 0.4) is 0 Å². The van der Waals surface area contributed by atoms with E-state index in [1.54, 1.807) is 31.4 Å². The number of ether oxygens (including phenoxy) is 1. The van der Waals surface area contributed by atoms with Crippen molar-refractivity contribution in [3.63, 3.8) is 0 Å². The number of hydrogen-bond acceptors (Lipinski definition) is 5. The minimum Gasteiger partial charge on any atom is -0.497 e. The maximum Gasteiger partial charge on any atom is 0.254 e. The van der Waals surface area contributed by atoms with Crippen molar-refractivity contribution in [3.05, 3.63) is 65.0 Å². The van der Waals surface area contributed by atoms with Crippen LogP contribution in [0.25, 0.3) is 11.4 Å². The molecule has 1 fully saturated rings. The highest BCUT2D eigenvalue weighted by molar-refractivity contribution is 6.30. The largest absolute Gasteiger partial charge is 0.497 e. The van der Waals surface area contributed by atoms with Gasteiger partial charge in [0.15, 0.2) is 0 Å². The molecule has 0 bridgehead atoms. The predicted octanol–water partition coefficient (Wildman–Crippen LogP) is 4.42. The number of methoxy groups -OCH3 is 1. The first-order valence-electron chi connectivity index (χ1n) is 9.17. The summed E-state index contributed by atoms with van der Waals surface area (Å²) < 4.78 is 10.7. The molecule has 6 nitrogen and oxygen atoms in total. The van der Waals surface area contributed by atoms with E-state index in [0.29, 0.717) is 41.1 Å². The summed E-state index contributed by atoms with van der Waals surface area (Å²) in [6, 6.07) is 14.5. The Labute approximate surface area is 168 Å². The van der Waals surface area contributed by atoms with Crippen molar-refractivity contribution in [3.8, 4) is 17.1 Å². The van der Waals surface area contributed by atoms with Crippen molar-refractivity contribution in [2.75, 3.05) is 20.2 Å². The molecular weight excluding hydrogens is 378 g/mol. The van der Waals surface area contributed by atoms with E-state index in [0.717, 1.165) is 18.4 Å². The third-order valence-electron chi connectivity index (χ3n) is 4.92. The molecule has 0 saturated carbocycles. The van der Waals surface area contributed by atoms with E-state index in [1.165, 1.54) is 0 Å². The first kappa shape index (κ1) is 18.5. The highest BCUT2D eigenvalue weighted by atomic mass is 35.5. The number of rotatable bonds is 4. The molecule has 1 atom stereocenters. The van der Waals surface area contributed by atoms with Gasteiger partial charge in [-0.15, -0.1) is 0 Å². The molecule has 0 radical (unpaired) electrons. The highest BCUT2D eigenvalue weighted by Gasteiger charge is 2.29. The van der Waals surface area contributed by atoms with Gasteiger partial charge in [-0.05, 0) is 55.3 Å². The zero-order valence-electron chi connectivity index (χ0n) is 15.5. The summed E-state index contributed by atoms with van der Waals surface area (Å²) in [5.41, 5.74) is 1.46. The van der Waals surface area contributed by atoms with Crippen LogP contribution in [0.2, 0.25) is 5.02 Å². The molecule has 2 aromatic carbocycles. The molecule has 1 aliphatic heterocycles. The molecule has 4 rings (SSSR count). The van der Waals surface area contributed by atoms with Crippen LogP contribution in [-0.4, -0.2) is 41.1 Å². The fourth-order valence-electron chi connectivity index (χ4n) is 3.42. The van der Waals surface area contributed by atoms with Crippen LogP contribution >= 0.6 is 11.6 Å². The van der Waals surface area contributed by atoms with Crippen LogP contribution in [0.1, 0.15) is 35.0 Å². The lowest BCUT2D eigenvalue weighted by atomic mass is 9.97. The molecule has 1 aromatic heterocycles. The lowest BCUT2D eigenvalue weighted by molar-refractivity contribution is 0.0695. The Morgan fingerprint density at radius 2 is 2.07 bits per heavy atom. The average molecular weight is 398 g/mol. The van der Waals surface area contributed by atoms with Crippen LogP contribution in [0.5, 0.6) is 5.75 Å². The third kappa shape index (κ3) is 3.87. The fourth-order valence-corrected chi connectivity index (χ4v) is 3.55. The quantitative estimate of drug-likeness (QED) is 0.651. The van der Waals surface area contributed by atoms with Gasteiger partial charge in [-0.1, -0.05) is 22.8 Å². The monoisotopic (exact) mass is 397 g/mol. The van der Waals surface area contributed by atoms with E-state index < -0.39 is 0 Å². The van der Waals surface area contributed by atoms with Gasteiger partial charge in [-0.25, -0.2) is 0 Å². The van der Waals surface area contributed by atoms with Gasteiger partial charge >= 0.3 is 0 Å². The second kappa shape index (κ2) is 8.02. The second-order valence-electron chi connectivity index (χ2n) is 6.79. The molecule has 0 aliphatic carbocycles. The van der Waals surface area contributed by atoms with Gasteiger partial charge in [0.05, 0.1) is 13.0 Å². The van der Waals surface area contributed by atoms with Gasteiger partial charge in [0, 0.05) is 29.2 Å². The Morgan fingerprint density at radius 1 is 1.25 bits per heavy atom. The van der Waals surface area contributed by atoms with Gasteiger partial charge in [-0.3, -0.25) is 4.79 Å². The second-order valence-corrected chi connectivity index (χ2v) is 7.22. The molecule has 144 valence electrons. The number of carbonyl (C=O) groups excluding carboxylic acids is 1. The Balaban J connectivity index is 1.49. The number of hydrogen-bond donors (Lipinski definition) is 0. The smallest absolute Gasteiger partial charge is 0.254 e. The SMILES string of the molecule is COc1cccc(C(=O)N2CCCC(c3nc(-c4ccc(Cl)cc4)no3)C2)c1. The number of carbonyl (C=O) groups is 1. The molecular formula is C21H20ClN3O3. The summed E-state index contributed by atoms with van der Waals surface area (Å²) >= 11 is 5.93. The Hall–Kier alpha value is -2.86. The van der Waals surface area contributed by atoms with Crippen LogP contribution in [0, 0.1) is 0 Å². The fraction of sp³-hybridized carbons (Fsp3) is 0.286. The van der Waals surface area contributed by atoms with Crippen LogP contribution < -0.4 is 4.74 Å². The first-order chi connectivity index (χ1) is 13.6. The molecule has 28 heavy (non-hydrogen) atoms. The predicted molar refractivity (Wildman–Crippen MR) is 106 cm³/mol. The molecule has 1 saturated heterocycles. The zero-order valence-corrected chi connectivity index (χ0v) is 16.2. The molecule has 3 aromatic rings. The first-order valence-corrected chi connectivity index (χ1v) is 9.54. The van der Waals surface area contributed by atoms with E-state index in [9.17, 15) is 4.79 Å². The number of likely N-dealkylation sites (tertiary alicyclic amines) is 1. The lowest BCUT2D eigenvalue weighted by Crippen LogP contribution is -2.39. The summed E-state index contributed by atoms with van der Waals surface area (Å²) in [7, 11) is 1.59. The highest BCUT2D eigenvalue weighted by Crippen LogP contribution is 2.29. The van der Waals surface area contributed by atoms with Crippen molar-refractivity contribution in [1.29, 1.82) is 0 Å². The van der Waals surface area contributed by atoms with Crippen molar-refractivity contribution < 1.29 is 14.1 Å². The number of aromatic nitrogens is 2. The van der Waals surface area contributed by atoms with Gasteiger partial charge in [0.25, 0.3) is 5.91 Å². The minimum absolute atomic E-state index is 0.0129. The van der Waals surface area contributed by atoms with Crippen molar-refractivity contribution >= 4 is 17.5 Å². The maximum atomic E-state index is 12.9. The summed E-state index contributed by atoms with van der Waals surface area (Å²) in [5, 5.41) is 4.75. The number of halogens is 1. The van der Waals surface area contributed by atoms with Gasteiger partial charge in [0.2, 0.25) is 11.7 Å². The van der Waals surface area contributed by atoms with E-state index in [1.807, 2.05) is 29.2 Å². The van der Waals surface area contributed by atoms with Gasteiger partial charge in [-0.2, -0.15) is 4.98 Å². The summed E-state index contributed by atoms with van der Waals surface area (Å²) in [6.45, 7) is 1.27. The molecule has 1 unspecified atom stereocenters. The number of piperidine rings is 1.